The summed E-state index contributed by atoms with van der Waals surface area (Å²) in [4.78, 5) is 11.0. The molecule has 0 aromatic carbocycles. The summed E-state index contributed by atoms with van der Waals surface area (Å²) < 4.78 is 7.11. The van der Waals surface area contributed by atoms with Crippen LogP contribution in [0, 0.1) is 5.92 Å². The first-order valence-corrected chi connectivity index (χ1v) is 6.39. The van der Waals surface area contributed by atoms with Crippen molar-refractivity contribution in [1.82, 2.24) is 14.6 Å². The second-order valence-electron chi connectivity index (χ2n) is 4.83. The van der Waals surface area contributed by atoms with Crippen LogP contribution in [0.4, 0.5) is 0 Å². The van der Waals surface area contributed by atoms with Crippen LogP contribution >= 0.6 is 0 Å². The first-order valence-electron chi connectivity index (χ1n) is 6.39. The first kappa shape index (κ1) is 12.1. The van der Waals surface area contributed by atoms with Gasteiger partial charge in [0.2, 0.25) is 0 Å². The second-order valence-corrected chi connectivity index (χ2v) is 4.83. The maximum Gasteiger partial charge on any atom is 0.337 e. The van der Waals surface area contributed by atoms with Crippen LogP contribution in [-0.2, 0) is 11.2 Å². The summed E-state index contributed by atoms with van der Waals surface area (Å²) in [7, 11) is 0. The Morgan fingerprint density at radius 3 is 2.89 bits per heavy atom. The normalized spacial score (nSPS) is 16.8. The summed E-state index contributed by atoms with van der Waals surface area (Å²) >= 11 is 0. The topological polar surface area (TPSA) is 76.7 Å². The van der Waals surface area contributed by atoms with Crippen molar-refractivity contribution >= 4 is 11.6 Å². The minimum atomic E-state index is -0.937. The number of nitrogens with zero attached hydrogens (tertiary/aromatic N) is 3. The molecule has 0 radical (unpaired) electrons. The van der Waals surface area contributed by atoms with Crippen molar-refractivity contribution in [3.63, 3.8) is 0 Å². The average molecular weight is 261 g/mol. The number of pyridine rings is 1. The molecule has 6 nitrogen and oxygen atoms in total. The molecule has 0 amide bonds. The van der Waals surface area contributed by atoms with Gasteiger partial charge < -0.3 is 9.84 Å². The van der Waals surface area contributed by atoms with E-state index in [0.29, 0.717) is 11.6 Å². The fourth-order valence-corrected chi connectivity index (χ4v) is 2.41. The smallest absolute Gasteiger partial charge is 0.337 e. The Bertz CT molecular complexity index is 602. The number of aromatic nitrogens is 3. The van der Waals surface area contributed by atoms with Gasteiger partial charge in [-0.15, -0.1) is 10.2 Å². The van der Waals surface area contributed by atoms with E-state index in [1.54, 1.807) is 22.7 Å². The molecule has 2 aromatic heterocycles. The second kappa shape index (κ2) is 4.97. The maximum atomic E-state index is 11.0. The molecule has 1 aliphatic heterocycles. The largest absolute Gasteiger partial charge is 0.478 e. The van der Waals surface area contributed by atoms with E-state index >= 15 is 0 Å². The van der Waals surface area contributed by atoms with Crippen molar-refractivity contribution < 1.29 is 14.6 Å². The Labute approximate surface area is 110 Å². The number of ether oxygens (including phenoxy) is 1. The van der Waals surface area contributed by atoms with Crippen LogP contribution < -0.4 is 0 Å². The van der Waals surface area contributed by atoms with Gasteiger partial charge in [0, 0.05) is 25.8 Å². The van der Waals surface area contributed by atoms with Crippen molar-refractivity contribution in [2.75, 3.05) is 13.2 Å². The van der Waals surface area contributed by atoms with Crippen LogP contribution in [0.5, 0.6) is 0 Å². The molecule has 6 heteroatoms. The number of carbonyl (C=O) groups is 1. The monoisotopic (exact) mass is 261 g/mol. The molecule has 100 valence electrons. The van der Waals surface area contributed by atoms with Gasteiger partial charge in [-0.3, -0.25) is 4.40 Å². The van der Waals surface area contributed by atoms with Gasteiger partial charge in [-0.1, -0.05) is 0 Å². The molecular formula is C13H15N3O3. The third-order valence-corrected chi connectivity index (χ3v) is 3.53. The molecule has 1 fully saturated rings. The van der Waals surface area contributed by atoms with Gasteiger partial charge in [-0.25, -0.2) is 4.79 Å². The fourth-order valence-electron chi connectivity index (χ4n) is 2.41. The molecule has 0 saturated carbocycles. The van der Waals surface area contributed by atoms with Gasteiger partial charge in [-0.2, -0.15) is 0 Å². The number of hydrogen-bond donors (Lipinski definition) is 1. The van der Waals surface area contributed by atoms with E-state index in [0.717, 1.165) is 38.3 Å². The van der Waals surface area contributed by atoms with Crippen molar-refractivity contribution in [2.24, 2.45) is 5.92 Å². The van der Waals surface area contributed by atoms with E-state index in [2.05, 4.69) is 10.2 Å². The van der Waals surface area contributed by atoms with Crippen LogP contribution in [0.2, 0.25) is 0 Å². The van der Waals surface area contributed by atoms with Gasteiger partial charge in [0.05, 0.1) is 5.56 Å². The predicted molar refractivity (Wildman–Crippen MR) is 67.2 cm³/mol. The van der Waals surface area contributed by atoms with Gasteiger partial charge in [-0.05, 0) is 30.9 Å². The molecule has 1 N–H and O–H groups in total. The molecule has 0 unspecified atom stereocenters. The zero-order chi connectivity index (χ0) is 13.2. The predicted octanol–water partition coefficient (Wildman–Crippen LogP) is 1.40. The molecule has 0 spiro atoms. The number of carboxylic acid groups (broad SMARTS) is 1. The van der Waals surface area contributed by atoms with Crippen molar-refractivity contribution in [3.8, 4) is 0 Å². The summed E-state index contributed by atoms with van der Waals surface area (Å²) in [5.74, 6) is 0.423. The number of fused-ring (bicyclic) bond motifs is 1. The minimum Gasteiger partial charge on any atom is -0.478 e. The average Bonchev–Trinajstić information content (AvgIpc) is 2.82. The summed E-state index contributed by atoms with van der Waals surface area (Å²) in [5.41, 5.74) is 0.938. The zero-order valence-electron chi connectivity index (χ0n) is 10.5. The molecule has 3 rings (SSSR count). The SMILES string of the molecule is O=C(O)c1ccc2nnc(CC3CCOCC3)n2c1. The van der Waals surface area contributed by atoms with Crippen molar-refractivity contribution in [1.29, 1.82) is 0 Å². The van der Waals surface area contributed by atoms with E-state index in [1.165, 1.54) is 0 Å². The van der Waals surface area contributed by atoms with E-state index in [-0.39, 0.29) is 5.56 Å². The Balaban J connectivity index is 1.89. The highest BCUT2D eigenvalue weighted by molar-refractivity contribution is 5.87. The summed E-state index contributed by atoms with van der Waals surface area (Å²) in [6, 6.07) is 3.23. The molecule has 1 aliphatic rings. The van der Waals surface area contributed by atoms with Gasteiger partial charge in [0.15, 0.2) is 5.65 Å². The third-order valence-electron chi connectivity index (χ3n) is 3.53. The van der Waals surface area contributed by atoms with Crippen LogP contribution in [-0.4, -0.2) is 38.9 Å². The number of hydrogen-bond acceptors (Lipinski definition) is 4. The quantitative estimate of drug-likeness (QED) is 0.903. The molecule has 1 saturated heterocycles. The van der Waals surface area contributed by atoms with E-state index < -0.39 is 5.97 Å². The molecule has 3 heterocycles. The van der Waals surface area contributed by atoms with Crippen LogP contribution in [0.1, 0.15) is 29.0 Å². The zero-order valence-corrected chi connectivity index (χ0v) is 10.5. The van der Waals surface area contributed by atoms with E-state index in [9.17, 15) is 4.79 Å². The van der Waals surface area contributed by atoms with Crippen molar-refractivity contribution in [2.45, 2.75) is 19.3 Å². The highest BCUT2D eigenvalue weighted by Crippen LogP contribution is 2.19. The lowest BCUT2D eigenvalue weighted by Gasteiger charge is -2.20. The molecule has 2 aromatic rings. The third kappa shape index (κ3) is 2.44. The molecule has 19 heavy (non-hydrogen) atoms. The highest BCUT2D eigenvalue weighted by atomic mass is 16.5. The lowest BCUT2D eigenvalue weighted by atomic mass is 9.96. The first-order chi connectivity index (χ1) is 9.24. The van der Waals surface area contributed by atoms with Gasteiger partial charge in [0.1, 0.15) is 5.82 Å². The lowest BCUT2D eigenvalue weighted by Crippen LogP contribution is -2.18. The van der Waals surface area contributed by atoms with Crippen molar-refractivity contribution in [3.05, 3.63) is 29.7 Å². The number of rotatable bonds is 3. The van der Waals surface area contributed by atoms with E-state index in [4.69, 9.17) is 9.84 Å². The summed E-state index contributed by atoms with van der Waals surface area (Å²) in [5, 5.41) is 17.3. The Morgan fingerprint density at radius 1 is 1.37 bits per heavy atom. The van der Waals surface area contributed by atoms with E-state index in [1.807, 2.05) is 0 Å². The molecule has 0 bridgehead atoms. The van der Waals surface area contributed by atoms with Crippen LogP contribution in [0.25, 0.3) is 5.65 Å². The maximum absolute atomic E-state index is 11.0. The standard InChI is InChI=1S/C13H15N3O3/c17-13(18)10-1-2-11-14-15-12(16(11)8-10)7-9-3-5-19-6-4-9/h1-2,8-9H,3-7H2,(H,17,18). The van der Waals surface area contributed by atoms with Gasteiger partial charge >= 0.3 is 5.97 Å². The number of carboxylic acids is 1. The molecule has 0 atom stereocenters. The fraction of sp³-hybridized carbons (Fsp3) is 0.462. The van der Waals surface area contributed by atoms with Crippen LogP contribution in [0.3, 0.4) is 0 Å². The molecule has 0 aliphatic carbocycles. The lowest BCUT2D eigenvalue weighted by molar-refractivity contribution is 0.0659. The van der Waals surface area contributed by atoms with Gasteiger partial charge in [0.25, 0.3) is 0 Å². The number of aromatic carboxylic acids is 1. The summed E-state index contributed by atoms with van der Waals surface area (Å²) in [6.07, 6.45) is 4.45. The Morgan fingerprint density at radius 2 is 2.16 bits per heavy atom. The minimum absolute atomic E-state index is 0.250. The van der Waals surface area contributed by atoms with Crippen LogP contribution in [0.15, 0.2) is 18.3 Å². The Hall–Kier alpha value is -1.95. The summed E-state index contributed by atoms with van der Waals surface area (Å²) in [6.45, 7) is 1.59. The highest BCUT2D eigenvalue weighted by Gasteiger charge is 2.18. The molecular weight excluding hydrogens is 246 g/mol. The Kier molecular flexibility index (Phi) is 3.16.